The summed E-state index contributed by atoms with van der Waals surface area (Å²) in [5.41, 5.74) is 1.40. The zero-order chi connectivity index (χ0) is 18.8. The molecule has 2 amide bonds. The van der Waals surface area contributed by atoms with Crippen LogP contribution in [-0.2, 0) is 9.59 Å². The maximum absolute atomic E-state index is 12.6. The summed E-state index contributed by atoms with van der Waals surface area (Å²) in [4.78, 5) is 24.3. The van der Waals surface area contributed by atoms with Gasteiger partial charge in [0, 0.05) is 11.7 Å². The first-order valence-electron chi connectivity index (χ1n) is 9.53. The van der Waals surface area contributed by atoms with Crippen molar-refractivity contribution in [2.75, 3.05) is 10.6 Å². The number of benzene rings is 1. The van der Waals surface area contributed by atoms with Crippen molar-refractivity contribution < 1.29 is 14.3 Å². The number of anilines is 2. The topological polar surface area (TPSA) is 79.5 Å². The molecule has 142 valence electrons. The van der Waals surface area contributed by atoms with E-state index in [-0.39, 0.29) is 23.9 Å². The molecule has 5 atom stereocenters. The van der Waals surface area contributed by atoms with Crippen molar-refractivity contribution in [2.45, 2.75) is 65.1 Å². The summed E-state index contributed by atoms with van der Waals surface area (Å²) < 4.78 is 5.55. The van der Waals surface area contributed by atoms with Crippen LogP contribution in [0.15, 0.2) is 18.2 Å². The standard InChI is InChI=1S/C20H29N3O3/c1-11-6-5-7-16(12(11)2)22-19(24)13(3)21-15-8-9-18-17(10-15)23-20(25)14(4)26-18/h8-14,16,21H,5-7H2,1-4H3,(H,22,24)(H,23,25). The largest absolute Gasteiger partial charge is 0.479 e. The Morgan fingerprint density at radius 1 is 1.27 bits per heavy atom. The van der Waals surface area contributed by atoms with Crippen molar-refractivity contribution in [1.82, 2.24) is 5.32 Å². The van der Waals surface area contributed by atoms with Gasteiger partial charge in [0.15, 0.2) is 6.10 Å². The van der Waals surface area contributed by atoms with E-state index in [0.717, 1.165) is 12.1 Å². The second-order valence-corrected chi connectivity index (χ2v) is 7.71. The molecule has 6 nitrogen and oxygen atoms in total. The lowest BCUT2D eigenvalue weighted by molar-refractivity contribution is -0.123. The van der Waals surface area contributed by atoms with E-state index in [1.165, 1.54) is 12.8 Å². The van der Waals surface area contributed by atoms with Gasteiger partial charge in [-0.05, 0) is 50.3 Å². The predicted molar refractivity (Wildman–Crippen MR) is 102 cm³/mol. The van der Waals surface area contributed by atoms with Gasteiger partial charge in [0.05, 0.1) is 5.69 Å². The maximum atomic E-state index is 12.6. The first-order valence-corrected chi connectivity index (χ1v) is 9.53. The van der Waals surface area contributed by atoms with Gasteiger partial charge < -0.3 is 20.7 Å². The Morgan fingerprint density at radius 3 is 2.81 bits per heavy atom. The van der Waals surface area contributed by atoms with Crippen LogP contribution in [-0.4, -0.2) is 30.0 Å². The third-order valence-corrected chi connectivity index (χ3v) is 5.72. The van der Waals surface area contributed by atoms with E-state index in [2.05, 4.69) is 29.8 Å². The van der Waals surface area contributed by atoms with Gasteiger partial charge in [-0.1, -0.05) is 26.7 Å². The summed E-state index contributed by atoms with van der Waals surface area (Å²) in [7, 11) is 0. The molecule has 3 N–H and O–H groups in total. The third-order valence-electron chi connectivity index (χ3n) is 5.72. The fourth-order valence-electron chi connectivity index (χ4n) is 3.71. The van der Waals surface area contributed by atoms with Crippen LogP contribution < -0.4 is 20.7 Å². The summed E-state index contributed by atoms with van der Waals surface area (Å²) >= 11 is 0. The van der Waals surface area contributed by atoms with Crippen LogP contribution in [0.3, 0.4) is 0 Å². The highest BCUT2D eigenvalue weighted by Crippen LogP contribution is 2.32. The van der Waals surface area contributed by atoms with E-state index in [1.54, 1.807) is 13.0 Å². The molecular weight excluding hydrogens is 330 g/mol. The highest BCUT2D eigenvalue weighted by atomic mass is 16.5. The van der Waals surface area contributed by atoms with Crippen LogP contribution in [0.4, 0.5) is 11.4 Å². The van der Waals surface area contributed by atoms with E-state index >= 15 is 0 Å². The van der Waals surface area contributed by atoms with Gasteiger partial charge in [-0.3, -0.25) is 9.59 Å². The Bertz CT molecular complexity index is 691. The molecule has 1 aromatic rings. The molecule has 0 aromatic heterocycles. The van der Waals surface area contributed by atoms with Gasteiger partial charge in [0.2, 0.25) is 5.91 Å². The molecule has 3 rings (SSSR count). The second kappa shape index (κ2) is 7.56. The van der Waals surface area contributed by atoms with Crippen molar-refractivity contribution in [2.24, 2.45) is 11.8 Å². The molecule has 0 radical (unpaired) electrons. The molecule has 1 heterocycles. The lowest BCUT2D eigenvalue weighted by Gasteiger charge is -2.35. The molecule has 2 aliphatic rings. The van der Waals surface area contributed by atoms with Gasteiger partial charge in [-0.15, -0.1) is 0 Å². The van der Waals surface area contributed by atoms with Crippen molar-refractivity contribution in [3.05, 3.63) is 18.2 Å². The molecule has 1 fully saturated rings. The van der Waals surface area contributed by atoms with E-state index in [1.807, 2.05) is 19.1 Å². The zero-order valence-electron chi connectivity index (χ0n) is 16.0. The fraction of sp³-hybridized carbons (Fsp3) is 0.600. The minimum absolute atomic E-state index is 0.00239. The van der Waals surface area contributed by atoms with E-state index in [9.17, 15) is 9.59 Å². The monoisotopic (exact) mass is 359 g/mol. The molecule has 1 aliphatic carbocycles. The van der Waals surface area contributed by atoms with Crippen LogP contribution in [0, 0.1) is 11.8 Å². The molecule has 0 spiro atoms. The van der Waals surface area contributed by atoms with Crippen LogP contribution in [0.2, 0.25) is 0 Å². The second-order valence-electron chi connectivity index (χ2n) is 7.71. The molecular formula is C20H29N3O3. The highest BCUT2D eigenvalue weighted by molar-refractivity contribution is 5.98. The third kappa shape index (κ3) is 3.94. The molecule has 5 unspecified atom stereocenters. The lowest BCUT2D eigenvalue weighted by atomic mass is 9.78. The van der Waals surface area contributed by atoms with Crippen molar-refractivity contribution in [1.29, 1.82) is 0 Å². The van der Waals surface area contributed by atoms with Crippen LogP contribution in [0.25, 0.3) is 0 Å². The van der Waals surface area contributed by atoms with E-state index in [4.69, 9.17) is 4.74 Å². The smallest absolute Gasteiger partial charge is 0.265 e. The summed E-state index contributed by atoms with van der Waals surface area (Å²) in [5.74, 6) is 1.62. The zero-order valence-corrected chi connectivity index (χ0v) is 16.0. The van der Waals surface area contributed by atoms with Gasteiger partial charge in [0.1, 0.15) is 11.8 Å². The van der Waals surface area contributed by atoms with E-state index < -0.39 is 6.10 Å². The number of carbonyl (C=O) groups excluding carboxylic acids is 2. The Labute approximate surface area is 155 Å². The predicted octanol–water partition coefficient (Wildman–Crippen LogP) is 3.15. The molecule has 1 aliphatic heterocycles. The molecule has 26 heavy (non-hydrogen) atoms. The minimum Gasteiger partial charge on any atom is -0.479 e. The number of carbonyl (C=O) groups is 2. The molecule has 1 saturated carbocycles. The maximum Gasteiger partial charge on any atom is 0.265 e. The normalized spacial score (nSPS) is 29.0. The number of rotatable bonds is 4. The van der Waals surface area contributed by atoms with Crippen LogP contribution in [0.5, 0.6) is 5.75 Å². The van der Waals surface area contributed by atoms with Crippen molar-refractivity contribution in [3.63, 3.8) is 0 Å². The summed E-state index contributed by atoms with van der Waals surface area (Å²) in [6.45, 7) is 8.04. The van der Waals surface area contributed by atoms with Crippen molar-refractivity contribution in [3.8, 4) is 5.75 Å². The van der Waals surface area contributed by atoms with Gasteiger partial charge >= 0.3 is 0 Å². The Balaban J connectivity index is 1.61. The van der Waals surface area contributed by atoms with Crippen molar-refractivity contribution >= 4 is 23.2 Å². The average molecular weight is 359 g/mol. The fourth-order valence-corrected chi connectivity index (χ4v) is 3.71. The number of hydrogen-bond donors (Lipinski definition) is 3. The minimum atomic E-state index is -0.495. The molecule has 0 bridgehead atoms. The Morgan fingerprint density at radius 2 is 2.04 bits per heavy atom. The van der Waals surface area contributed by atoms with Gasteiger partial charge in [-0.2, -0.15) is 0 Å². The Kier molecular flexibility index (Phi) is 5.39. The number of fused-ring (bicyclic) bond motifs is 1. The van der Waals surface area contributed by atoms with E-state index in [0.29, 0.717) is 23.3 Å². The summed E-state index contributed by atoms with van der Waals surface area (Å²) in [6, 6.07) is 5.35. The van der Waals surface area contributed by atoms with Crippen LogP contribution in [0.1, 0.15) is 47.0 Å². The molecule has 0 saturated heterocycles. The number of ether oxygens (including phenoxy) is 1. The molecule has 1 aromatic carbocycles. The van der Waals surface area contributed by atoms with Crippen LogP contribution >= 0.6 is 0 Å². The first kappa shape index (κ1) is 18.5. The number of amides is 2. The first-order chi connectivity index (χ1) is 12.3. The number of hydrogen-bond acceptors (Lipinski definition) is 4. The highest BCUT2D eigenvalue weighted by Gasteiger charge is 2.29. The number of nitrogens with one attached hydrogen (secondary N) is 3. The molecule has 6 heteroatoms. The average Bonchev–Trinajstić information content (AvgIpc) is 2.60. The summed E-state index contributed by atoms with van der Waals surface area (Å²) in [6.07, 6.45) is 2.96. The van der Waals surface area contributed by atoms with Gasteiger partial charge in [-0.25, -0.2) is 0 Å². The quantitative estimate of drug-likeness (QED) is 0.772. The summed E-state index contributed by atoms with van der Waals surface area (Å²) in [5, 5.41) is 9.24. The lowest BCUT2D eigenvalue weighted by Crippen LogP contribution is -2.48. The Hall–Kier alpha value is -2.24. The van der Waals surface area contributed by atoms with Gasteiger partial charge in [0.25, 0.3) is 5.91 Å². The SMILES string of the molecule is CC(Nc1ccc2c(c1)NC(=O)C(C)O2)C(=O)NC1CCCC(C)C1C.